The van der Waals surface area contributed by atoms with E-state index in [4.69, 9.17) is 18.9 Å². The molecule has 56 heavy (non-hydrogen) atoms. The average molecular weight is 820 g/mol. The summed E-state index contributed by atoms with van der Waals surface area (Å²) in [5.41, 5.74) is 2.23. The molecule has 312 valence electrons. The van der Waals surface area contributed by atoms with E-state index in [1.807, 2.05) is 36.4 Å². The molecule has 0 aliphatic heterocycles. The minimum absolute atomic E-state index is 0. The van der Waals surface area contributed by atoms with Crippen molar-refractivity contribution in [3.05, 3.63) is 122 Å². The second-order valence-corrected chi connectivity index (χ2v) is 15.0. The summed E-state index contributed by atoms with van der Waals surface area (Å²) in [6.45, 7) is 32.6. The fourth-order valence-electron chi connectivity index (χ4n) is 6.18. The highest BCUT2D eigenvalue weighted by molar-refractivity contribution is 5.82. The molecule has 2 rings (SSSR count). The normalized spacial score (nSPS) is 12.8. The molecule has 0 radical (unpaired) electrons. The molecule has 2 aromatic carbocycles. The summed E-state index contributed by atoms with van der Waals surface area (Å²) < 4.78 is 22.2. The predicted molar refractivity (Wildman–Crippen MR) is 214 cm³/mol. The molecule has 0 saturated carbocycles. The third-order valence-corrected chi connectivity index (χ3v) is 9.65. The van der Waals surface area contributed by atoms with Crippen molar-refractivity contribution in [3.8, 4) is 0 Å². The predicted octanol–water partition coefficient (Wildman–Crippen LogP) is 1.31. The fraction of sp³-hybridized carbons (Fsp3) is 0.455. The molecule has 0 heterocycles. The summed E-state index contributed by atoms with van der Waals surface area (Å²) >= 11 is 0. The Bertz CT molecular complexity index is 1390. The fourth-order valence-corrected chi connectivity index (χ4v) is 6.18. The van der Waals surface area contributed by atoms with Gasteiger partial charge in [-0.05, 0) is 41.5 Å². The molecule has 0 fully saturated rings. The van der Waals surface area contributed by atoms with Gasteiger partial charge in [-0.3, -0.25) is 0 Å². The van der Waals surface area contributed by atoms with E-state index in [9.17, 15) is 19.2 Å². The van der Waals surface area contributed by atoms with Crippen LogP contribution in [0.1, 0.15) is 65.5 Å². The molecule has 0 bridgehead atoms. The van der Waals surface area contributed by atoms with Crippen molar-refractivity contribution >= 4 is 23.9 Å². The Morgan fingerprint density at radius 2 is 0.750 bits per heavy atom. The van der Waals surface area contributed by atoms with Gasteiger partial charge in [0.1, 0.15) is 39.4 Å². The molecule has 0 saturated heterocycles. The van der Waals surface area contributed by atoms with Crippen LogP contribution in [0.4, 0.5) is 0 Å². The lowest BCUT2D eigenvalue weighted by molar-refractivity contribution is -0.983. The molecule has 0 aliphatic rings. The highest BCUT2D eigenvalue weighted by Gasteiger charge is 2.41. The van der Waals surface area contributed by atoms with E-state index in [-0.39, 0.29) is 35.9 Å². The first-order valence-electron chi connectivity index (χ1n) is 18.4. The van der Waals surface area contributed by atoms with Gasteiger partial charge >= 0.3 is 23.9 Å². The van der Waals surface area contributed by atoms with Crippen molar-refractivity contribution in [2.45, 2.75) is 78.6 Å². The summed E-state index contributed by atoms with van der Waals surface area (Å²) in [6.07, 6.45) is 6.11. The topological polar surface area (TPSA) is 105 Å². The lowest BCUT2D eigenvalue weighted by Crippen LogP contribution is -3.00. The maximum Gasteiger partial charge on any atom is 0.330 e. The number of nitrogens with zero attached hydrogens (tertiary/aromatic N) is 2. The first kappa shape index (κ1) is 53.9. The number of quaternary nitrogens is 2. The number of esters is 4. The maximum absolute atomic E-state index is 11.5. The SMILES string of the molecule is C=CC(=O)OCCC[N+](CCOC(=O)C=C)(Cc1ccccc1)C(C)(C)C.C=CC(=O)OCCC[N+](CCOC(=O)C=C)(Cc1ccccc1)C(C)(C)C.[Cl-].[Cl-]. The largest absolute Gasteiger partial charge is 1.00 e. The number of ether oxygens (including phenoxy) is 4. The van der Waals surface area contributed by atoms with Crippen molar-refractivity contribution < 1.29 is 71.9 Å². The minimum atomic E-state index is -0.415. The van der Waals surface area contributed by atoms with E-state index in [1.54, 1.807) is 0 Å². The summed E-state index contributed by atoms with van der Waals surface area (Å²) in [5.74, 6) is -1.65. The molecule has 10 nitrogen and oxygen atoms in total. The molecule has 0 aliphatic carbocycles. The number of hydrogen-bond donors (Lipinski definition) is 0. The lowest BCUT2D eigenvalue weighted by atomic mass is 9.98. The third kappa shape index (κ3) is 19.6. The molecular weight excluding hydrogens is 755 g/mol. The van der Waals surface area contributed by atoms with Crippen LogP contribution >= 0.6 is 0 Å². The van der Waals surface area contributed by atoms with Gasteiger partial charge in [-0.2, -0.15) is 0 Å². The van der Waals surface area contributed by atoms with Crippen LogP contribution in [0.3, 0.4) is 0 Å². The summed E-state index contributed by atoms with van der Waals surface area (Å²) in [6, 6.07) is 20.5. The first-order chi connectivity index (χ1) is 25.5. The molecule has 0 N–H and O–H groups in total. The van der Waals surface area contributed by atoms with Crippen LogP contribution in [0.25, 0.3) is 0 Å². The van der Waals surface area contributed by atoms with E-state index >= 15 is 0 Å². The summed E-state index contributed by atoms with van der Waals surface area (Å²) in [5, 5.41) is 0. The van der Waals surface area contributed by atoms with E-state index in [1.165, 1.54) is 35.4 Å². The van der Waals surface area contributed by atoms with Gasteiger partial charge in [-0.25, -0.2) is 19.2 Å². The molecule has 2 atom stereocenters. The highest BCUT2D eigenvalue weighted by atomic mass is 35.5. The van der Waals surface area contributed by atoms with Crippen molar-refractivity contribution in [2.24, 2.45) is 0 Å². The third-order valence-electron chi connectivity index (χ3n) is 9.65. The van der Waals surface area contributed by atoms with Crippen LogP contribution in [-0.4, -0.2) is 96.5 Å². The molecule has 0 aromatic heterocycles. The maximum atomic E-state index is 11.5. The molecule has 2 aromatic rings. The Kier molecular flexibility index (Phi) is 26.4. The number of halogens is 2. The minimum Gasteiger partial charge on any atom is -1.00 e. The van der Waals surface area contributed by atoms with Crippen LogP contribution in [0.15, 0.2) is 111 Å². The molecule has 0 spiro atoms. The van der Waals surface area contributed by atoms with E-state index in [2.05, 4.69) is 92.1 Å². The van der Waals surface area contributed by atoms with Gasteiger partial charge in [-0.15, -0.1) is 0 Å². The van der Waals surface area contributed by atoms with E-state index < -0.39 is 23.9 Å². The van der Waals surface area contributed by atoms with Gasteiger partial charge in [0.15, 0.2) is 0 Å². The number of rotatable bonds is 22. The molecule has 12 heteroatoms. The molecule has 0 amide bonds. The van der Waals surface area contributed by atoms with Gasteiger partial charge < -0.3 is 52.7 Å². The van der Waals surface area contributed by atoms with E-state index in [0.717, 1.165) is 26.2 Å². The molecular formula is C44H64Cl2N2O8. The first-order valence-corrected chi connectivity index (χ1v) is 18.4. The summed E-state index contributed by atoms with van der Waals surface area (Å²) in [7, 11) is 0. The monoisotopic (exact) mass is 818 g/mol. The Labute approximate surface area is 348 Å². The van der Waals surface area contributed by atoms with Crippen LogP contribution in [0.5, 0.6) is 0 Å². The average Bonchev–Trinajstić information content (AvgIpc) is 3.14. The Morgan fingerprint density at radius 3 is 1.00 bits per heavy atom. The Morgan fingerprint density at radius 1 is 0.482 bits per heavy atom. The summed E-state index contributed by atoms with van der Waals surface area (Å²) in [4.78, 5) is 45.5. The highest BCUT2D eigenvalue weighted by Crippen LogP contribution is 2.30. The Hall–Kier alpha value is -4.22. The van der Waals surface area contributed by atoms with Crippen molar-refractivity contribution in [3.63, 3.8) is 0 Å². The van der Waals surface area contributed by atoms with Gasteiger partial charge in [0, 0.05) is 48.3 Å². The van der Waals surface area contributed by atoms with Crippen molar-refractivity contribution in [1.82, 2.24) is 0 Å². The molecule has 2 unspecified atom stereocenters. The van der Waals surface area contributed by atoms with Crippen LogP contribution < -0.4 is 24.8 Å². The lowest BCUT2D eigenvalue weighted by Gasteiger charge is -2.49. The van der Waals surface area contributed by atoms with Gasteiger partial charge in [0.2, 0.25) is 0 Å². The van der Waals surface area contributed by atoms with Crippen LogP contribution in [0, 0.1) is 0 Å². The van der Waals surface area contributed by atoms with Gasteiger partial charge in [-0.1, -0.05) is 87.0 Å². The standard InChI is InChI=1S/2C22H32NO4.2ClH/c2*1-6-20(24)26-16-11-14-23(22(3,4)5,15-17-27-21(25)7-2)18-19-12-9-8-10-13-19;;/h2*6-10,12-13H,1-2,11,14-18H2,3-5H3;2*1H/q2*+1;;/p-2. The number of benzene rings is 2. The van der Waals surface area contributed by atoms with Gasteiger partial charge in [0.05, 0.1) is 37.4 Å². The zero-order valence-electron chi connectivity index (χ0n) is 34.3. The second-order valence-electron chi connectivity index (χ2n) is 15.0. The van der Waals surface area contributed by atoms with Gasteiger partial charge in [0.25, 0.3) is 0 Å². The van der Waals surface area contributed by atoms with E-state index in [0.29, 0.717) is 61.3 Å². The number of carbonyl (C=O) groups excluding carboxylic acids is 4. The number of carbonyl (C=O) groups is 4. The quantitative estimate of drug-likeness (QED) is 0.0577. The zero-order valence-corrected chi connectivity index (χ0v) is 35.8. The Balaban J connectivity index is 0. The van der Waals surface area contributed by atoms with Crippen LogP contribution in [-0.2, 0) is 51.2 Å². The van der Waals surface area contributed by atoms with Crippen molar-refractivity contribution in [2.75, 3.05) is 52.6 Å². The number of hydrogen-bond acceptors (Lipinski definition) is 8. The van der Waals surface area contributed by atoms with Crippen molar-refractivity contribution in [1.29, 1.82) is 0 Å². The second kappa shape index (κ2) is 27.4. The smallest absolute Gasteiger partial charge is 0.330 e. The zero-order chi connectivity index (χ0) is 40.7. The van der Waals surface area contributed by atoms with Crippen LogP contribution in [0.2, 0.25) is 0 Å².